The van der Waals surface area contributed by atoms with E-state index in [1.807, 2.05) is 0 Å². The molecule has 0 radical (unpaired) electrons. The zero-order valence-electron chi connectivity index (χ0n) is 9.31. The van der Waals surface area contributed by atoms with Crippen molar-refractivity contribution in [3.05, 3.63) is 24.1 Å². The van der Waals surface area contributed by atoms with Crippen molar-refractivity contribution in [1.29, 1.82) is 0 Å². The van der Waals surface area contributed by atoms with Gasteiger partial charge >= 0.3 is 0 Å². The highest BCUT2D eigenvalue weighted by Gasteiger charge is 2.28. The SMILES string of the molecule is NC(CNc1nc2ccc(F)cn2n1)C1CC1. The Balaban J connectivity index is 1.72. The number of aromatic nitrogens is 3. The monoisotopic (exact) mass is 235 g/mol. The number of nitrogens with two attached hydrogens (primary N) is 1. The summed E-state index contributed by atoms with van der Waals surface area (Å²) >= 11 is 0. The molecule has 1 aliphatic carbocycles. The van der Waals surface area contributed by atoms with Gasteiger partial charge in [-0.1, -0.05) is 0 Å². The van der Waals surface area contributed by atoms with Crippen LogP contribution in [0.2, 0.25) is 0 Å². The molecule has 2 aromatic heterocycles. The Bertz CT molecular complexity index is 534. The molecular weight excluding hydrogens is 221 g/mol. The van der Waals surface area contributed by atoms with Gasteiger partial charge in [-0.3, -0.25) is 0 Å². The molecule has 90 valence electrons. The highest BCUT2D eigenvalue weighted by Crippen LogP contribution is 2.31. The van der Waals surface area contributed by atoms with Gasteiger partial charge in [0.25, 0.3) is 0 Å². The van der Waals surface area contributed by atoms with Crippen LogP contribution in [0.1, 0.15) is 12.8 Å². The zero-order valence-corrected chi connectivity index (χ0v) is 9.31. The van der Waals surface area contributed by atoms with E-state index in [0.29, 0.717) is 24.1 Å². The minimum Gasteiger partial charge on any atom is -0.351 e. The van der Waals surface area contributed by atoms with Crippen molar-refractivity contribution in [2.75, 3.05) is 11.9 Å². The molecule has 2 heterocycles. The second-order valence-electron chi connectivity index (χ2n) is 4.47. The van der Waals surface area contributed by atoms with Crippen LogP contribution in [-0.4, -0.2) is 27.2 Å². The molecule has 0 amide bonds. The number of hydrogen-bond donors (Lipinski definition) is 2. The molecule has 0 aliphatic heterocycles. The Morgan fingerprint density at radius 2 is 2.35 bits per heavy atom. The molecule has 1 saturated carbocycles. The van der Waals surface area contributed by atoms with Crippen molar-refractivity contribution in [3.63, 3.8) is 0 Å². The quantitative estimate of drug-likeness (QED) is 0.830. The summed E-state index contributed by atoms with van der Waals surface area (Å²) in [4.78, 5) is 4.22. The number of hydrogen-bond acceptors (Lipinski definition) is 4. The fourth-order valence-electron chi connectivity index (χ4n) is 1.83. The second-order valence-corrected chi connectivity index (χ2v) is 4.47. The maximum Gasteiger partial charge on any atom is 0.243 e. The number of anilines is 1. The molecule has 0 aromatic carbocycles. The third-order valence-electron chi connectivity index (χ3n) is 3.02. The van der Waals surface area contributed by atoms with E-state index in [9.17, 15) is 4.39 Å². The third kappa shape index (κ3) is 2.21. The Hall–Kier alpha value is -1.69. The van der Waals surface area contributed by atoms with Crippen LogP contribution in [0.15, 0.2) is 18.3 Å². The van der Waals surface area contributed by atoms with E-state index < -0.39 is 0 Å². The standard InChI is InChI=1S/C11H14FN5/c12-8-3-4-10-15-11(16-17(10)6-8)14-5-9(13)7-1-2-7/h3-4,6-7,9H,1-2,5,13H2,(H,14,16). The summed E-state index contributed by atoms with van der Waals surface area (Å²) in [7, 11) is 0. The molecule has 1 fully saturated rings. The van der Waals surface area contributed by atoms with Crippen molar-refractivity contribution in [3.8, 4) is 0 Å². The lowest BCUT2D eigenvalue weighted by Crippen LogP contribution is -2.31. The lowest BCUT2D eigenvalue weighted by molar-refractivity contribution is 0.613. The molecule has 5 nitrogen and oxygen atoms in total. The Morgan fingerprint density at radius 3 is 3.12 bits per heavy atom. The number of pyridine rings is 1. The molecule has 6 heteroatoms. The van der Waals surface area contributed by atoms with Crippen molar-refractivity contribution in [1.82, 2.24) is 14.6 Å². The number of nitrogens with zero attached hydrogens (tertiary/aromatic N) is 3. The van der Waals surface area contributed by atoms with Gasteiger partial charge in [0.05, 0.1) is 6.20 Å². The van der Waals surface area contributed by atoms with Crippen LogP contribution < -0.4 is 11.1 Å². The summed E-state index contributed by atoms with van der Waals surface area (Å²) in [5.41, 5.74) is 6.58. The molecule has 0 bridgehead atoms. The first-order valence-electron chi connectivity index (χ1n) is 5.74. The summed E-state index contributed by atoms with van der Waals surface area (Å²) in [6.45, 7) is 0.657. The van der Waals surface area contributed by atoms with Gasteiger partial charge in [-0.25, -0.2) is 8.91 Å². The molecule has 2 aromatic rings. The van der Waals surface area contributed by atoms with Crippen LogP contribution in [-0.2, 0) is 0 Å². The predicted octanol–water partition coefficient (Wildman–Crippen LogP) is 1.02. The summed E-state index contributed by atoms with van der Waals surface area (Å²) in [5, 5.41) is 7.21. The largest absolute Gasteiger partial charge is 0.351 e. The van der Waals surface area contributed by atoms with Gasteiger partial charge in [0.15, 0.2) is 5.65 Å². The average molecular weight is 235 g/mol. The maximum absolute atomic E-state index is 12.9. The molecule has 3 N–H and O–H groups in total. The topological polar surface area (TPSA) is 68.2 Å². The lowest BCUT2D eigenvalue weighted by atomic mass is 10.2. The molecule has 1 aliphatic rings. The van der Waals surface area contributed by atoms with Crippen molar-refractivity contribution >= 4 is 11.6 Å². The van der Waals surface area contributed by atoms with Crippen molar-refractivity contribution in [2.45, 2.75) is 18.9 Å². The van der Waals surface area contributed by atoms with E-state index in [-0.39, 0.29) is 11.9 Å². The molecule has 0 saturated heterocycles. The van der Waals surface area contributed by atoms with Crippen LogP contribution >= 0.6 is 0 Å². The van der Waals surface area contributed by atoms with Crippen LogP contribution in [0.25, 0.3) is 5.65 Å². The van der Waals surface area contributed by atoms with Gasteiger partial charge in [-0.05, 0) is 30.9 Å². The summed E-state index contributed by atoms with van der Waals surface area (Å²) in [6.07, 6.45) is 3.73. The zero-order chi connectivity index (χ0) is 11.8. The summed E-state index contributed by atoms with van der Waals surface area (Å²) in [6, 6.07) is 3.11. The minimum absolute atomic E-state index is 0.151. The van der Waals surface area contributed by atoms with E-state index in [1.165, 1.54) is 29.6 Å². The highest BCUT2D eigenvalue weighted by molar-refractivity contribution is 5.43. The Kier molecular flexibility index (Phi) is 2.44. The van der Waals surface area contributed by atoms with Crippen molar-refractivity contribution < 1.29 is 4.39 Å². The first-order chi connectivity index (χ1) is 8.22. The van der Waals surface area contributed by atoms with Gasteiger partial charge in [-0.15, -0.1) is 5.10 Å². The van der Waals surface area contributed by atoms with Gasteiger partial charge < -0.3 is 11.1 Å². The maximum atomic E-state index is 12.9. The number of rotatable bonds is 4. The van der Waals surface area contributed by atoms with E-state index >= 15 is 0 Å². The van der Waals surface area contributed by atoms with E-state index in [2.05, 4.69) is 15.4 Å². The Morgan fingerprint density at radius 1 is 1.53 bits per heavy atom. The molecule has 1 unspecified atom stereocenters. The van der Waals surface area contributed by atoms with Gasteiger partial charge in [-0.2, -0.15) is 4.98 Å². The van der Waals surface area contributed by atoms with E-state index in [1.54, 1.807) is 6.07 Å². The van der Waals surface area contributed by atoms with E-state index in [0.717, 1.165) is 0 Å². The van der Waals surface area contributed by atoms with Crippen LogP contribution in [0, 0.1) is 11.7 Å². The fourth-order valence-corrected chi connectivity index (χ4v) is 1.83. The first kappa shape index (κ1) is 10.5. The second kappa shape index (κ2) is 3.96. The fraction of sp³-hybridized carbons (Fsp3) is 0.455. The molecule has 3 rings (SSSR count). The van der Waals surface area contributed by atoms with Gasteiger partial charge in [0.2, 0.25) is 5.95 Å². The number of nitrogens with one attached hydrogen (secondary N) is 1. The normalized spacial score (nSPS) is 17.3. The molecule has 0 spiro atoms. The molecule has 1 atom stereocenters. The molecular formula is C11H14FN5. The third-order valence-corrected chi connectivity index (χ3v) is 3.02. The van der Waals surface area contributed by atoms with Crippen molar-refractivity contribution in [2.24, 2.45) is 11.7 Å². The van der Waals surface area contributed by atoms with Crippen LogP contribution in [0.3, 0.4) is 0 Å². The number of halogens is 1. The van der Waals surface area contributed by atoms with Gasteiger partial charge in [0.1, 0.15) is 5.82 Å². The Labute approximate surface area is 97.8 Å². The van der Waals surface area contributed by atoms with Gasteiger partial charge in [0, 0.05) is 12.6 Å². The average Bonchev–Trinajstić information content (AvgIpc) is 3.07. The predicted molar refractivity (Wildman–Crippen MR) is 62.1 cm³/mol. The lowest BCUT2D eigenvalue weighted by Gasteiger charge is -2.09. The summed E-state index contributed by atoms with van der Waals surface area (Å²) in [5.74, 6) is 0.798. The van der Waals surface area contributed by atoms with E-state index in [4.69, 9.17) is 5.73 Å². The van der Waals surface area contributed by atoms with Crippen LogP contribution in [0.5, 0.6) is 0 Å². The highest BCUT2D eigenvalue weighted by atomic mass is 19.1. The first-order valence-corrected chi connectivity index (χ1v) is 5.74. The van der Waals surface area contributed by atoms with Crippen LogP contribution in [0.4, 0.5) is 10.3 Å². The molecule has 17 heavy (non-hydrogen) atoms. The minimum atomic E-state index is -0.330. The summed E-state index contributed by atoms with van der Waals surface area (Å²) < 4.78 is 14.4. The number of fused-ring (bicyclic) bond motifs is 1. The smallest absolute Gasteiger partial charge is 0.243 e.